The molecule has 6 nitrogen and oxygen atoms in total. The van der Waals surface area contributed by atoms with Crippen molar-refractivity contribution in [2.75, 3.05) is 23.3 Å². The molecule has 3 fully saturated rings. The van der Waals surface area contributed by atoms with Crippen molar-refractivity contribution < 1.29 is 35.9 Å². The molecule has 11 heteroatoms. The molecule has 3 aliphatic rings. The maximum absolute atomic E-state index is 14.7. The average molecular weight is 514 g/mol. The van der Waals surface area contributed by atoms with E-state index in [4.69, 9.17) is 9.15 Å². The first-order valence-electron chi connectivity index (χ1n) is 12.3. The topological polar surface area (TPSA) is 67.6 Å². The number of benzene rings is 1. The molecule has 1 amide bonds. The van der Waals surface area contributed by atoms with Crippen LogP contribution in [0.25, 0.3) is 0 Å². The van der Waals surface area contributed by atoms with Crippen molar-refractivity contribution in [2.24, 2.45) is 17.3 Å². The van der Waals surface area contributed by atoms with Crippen LogP contribution in [0.2, 0.25) is 0 Å². The van der Waals surface area contributed by atoms with E-state index in [1.807, 2.05) is 13.8 Å². The summed E-state index contributed by atoms with van der Waals surface area (Å²) in [5.41, 5.74) is -0.806. The number of alkyl halides is 3. The van der Waals surface area contributed by atoms with Crippen molar-refractivity contribution in [1.82, 2.24) is 4.98 Å². The Kier molecular flexibility index (Phi) is 6.15. The predicted octanol–water partition coefficient (Wildman–Crippen LogP) is 6.11. The van der Waals surface area contributed by atoms with Crippen LogP contribution >= 0.6 is 0 Å². The number of oxazole rings is 1. The van der Waals surface area contributed by atoms with Crippen molar-refractivity contribution >= 4 is 17.6 Å². The molecule has 1 aliphatic heterocycles. The summed E-state index contributed by atoms with van der Waals surface area (Å²) >= 11 is 0. The number of carbonyl (C=O) groups is 1. The zero-order valence-electron chi connectivity index (χ0n) is 20.1. The molecule has 5 rings (SSSR count). The van der Waals surface area contributed by atoms with Gasteiger partial charge in [0.2, 0.25) is 0 Å². The third-order valence-corrected chi connectivity index (χ3v) is 7.89. The van der Waals surface area contributed by atoms with E-state index >= 15 is 0 Å². The van der Waals surface area contributed by atoms with E-state index in [1.165, 1.54) is 0 Å². The van der Waals surface area contributed by atoms with Gasteiger partial charge in [0.15, 0.2) is 23.1 Å². The Bertz CT molecular complexity index is 1130. The molecular weight excluding hydrogens is 485 g/mol. The number of hydrogen-bond donors (Lipinski definition) is 1. The first kappa shape index (κ1) is 24.8. The molecule has 36 heavy (non-hydrogen) atoms. The lowest BCUT2D eigenvalue weighted by Crippen LogP contribution is -2.56. The molecule has 0 bridgehead atoms. The number of rotatable bonds is 8. The van der Waals surface area contributed by atoms with Crippen molar-refractivity contribution in [3.63, 3.8) is 0 Å². The average Bonchev–Trinajstić information content (AvgIpc) is 3.27. The monoisotopic (exact) mass is 513 g/mol. The van der Waals surface area contributed by atoms with Crippen LogP contribution in [0.15, 0.2) is 16.5 Å². The molecule has 196 valence electrons. The zero-order valence-corrected chi connectivity index (χ0v) is 20.1. The van der Waals surface area contributed by atoms with Gasteiger partial charge in [0, 0.05) is 36.3 Å². The molecule has 1 aromatic carbocycles. The quantitative estimate of drug-likeness (QED) is 0.431. The Hall–Kier alpha value is -2.85. The van der Waals surface area contributed by atoms with Gasteiger partial charge in [-0.3, -0.25) is 4.79 Å². The third kappa shape index (κ3) is 4.76. The second kappa shape index (κ2) is 8.92. The highest BCUT2D eigenvalue weighted by Crippen LogP contribution is 2.53. The molecule has 2 aliphatic carbocycles. The highest BCUT2D eigenvalue weighted by molar-refractivity contribution is 6.03. The minimum atomic E-state index is -4.64. The summed E-state index contributed by atoms with van der Waals surface area (Å²) in [5, 5.41) is 2.25. The van der Waals surface area contributed by atoms with Gasteiger partial charge in [0.05, 0.1) is 0 Å². The van der Waals surface area contributed by atoms with Crippen LogP contribution in [-0.4, -0.2) is 36.3 Å². The number of fused-ring (bicyclic) bond motifs is 1. The molecule has 2 aromatic rings. The number of nitrogens with one attached hydrogen (secondary N) is 1. The van der Waals surface area contributed by atoms with Gasteiger partial charge in [-0.15, -0.1) is 0 Å². The SMILES string of the molecule is CCC1(CC)CN(c2nc(C(=O)Nc3cc(F)c(OC4CCC5CC54)c(F)c3)c(CC(F)(F)F)o2)C1. The van der Waals surface area contributed by atoms with E-state index in [9.17, 15) is 26.7 Å². The van der Waals surface area contributed by atoms with E-state index in [-0.39, 0.29) is 23.2 Å². The number of carbonyl (C=O) groups excluding carboxylic acids is 1. The van der Waals surface area contributed by atoms with E-state index in [0.29, 0.717) is 24.9 Å². The molecule has 2 saturated carbocycles. The van der Waals surface area contributed by atoms with Gasteiger partial charge < -0.3 is 19.4 Å². The number of ether oxygens (including phenoxy) is 1. The molecule has 1 N–H and O–H groups in total. The van der Waals surface area contributed by atoms with E-state index in [0.717, 1.165) is 44.2 Å². The molecule has 1 aromatic heterocycles. The number of hydrogen-bond acceptors (Lipinski definition) is 5. The van der Waals surface area contributed by atoms with Gasteiger partial charge in [-0.25, -0.2) is 8.78 Å². The number of anilines is 2. The Balaban J connectivity index is 1.33. The highest BCUT2D eigenvalue weighted by atomic mass is 19.4. The minimum Gasteiger partial charge on any atom is -0.484 e. The van der Waals surface area contributed by atoms with Crippen LogP contribution in [0, 0.1) is 28.9 Å². The molecular formula is C25H28F5N3O3. The summed E-state index contributed by atoms with van der Waals surface area (Å²) < 4.78 is 79.7. The first-order valence-corrected chi connectivity index (χ1v) is 12.3. The summed E-state index contributed by atoms with van der Waals surface area (Å²) in [4.78, 5) is 18.6. The van der Waals surface area contributed by atoms with Crippen LogP contribution in [0.5, 0.6) is 5.75 Å². The fourth-order valence-corrected chi connectivity index (χ4v) is 5.43. The van der Waals surface area contributed by atoms with Crippen molar-refractivity contribution in [1.29, 1.82) is 0 Å². The van der Waals surface area contributed by atoms with Crippen LogP contribution in [0.4, 0.5) is 33.7 Å². The smallest absolute Gasteiger partial charge is 0.396 e. The standard InChI is InChI=1S/C25H28F5N3O3/c1-3-24(4-2)11-33(12-24)23-32-20(19(36-23)10-25(28,29)30)22(34)31-14-8-16(26)21(17(27)9-14)35-18-6-5-13-7-15(13)18/h8-9,13,15,18H,3-7,10-12H2,1-2H3,(H,31,34). The van der Waals surface area contributed by atoms with E-state index in [1.54, 1.807) is 4.90 Å². The number of aromatic nitrogens is 1. The molecule has 2 heterocycles. The van der Waals surface area contributed by atoms with Gasteiger partial charge in [-0.2, -0.15) is 18.2 Å². The Morgan fingerprint density at radius 2 is 1.86 bits per heavy atom. The van der Waals surface area contributed by atoms with E-state index < -0.39 is 47.3 Å². The molecule has 0 radical (unpaired) electrons. The van der Waals surface area contributed by atoms with Crippen LogP contribution in [0.3, 0.4) is 0 Å². The number of halogens is 5. The largest absolute Gasteiger partial charge is 0.484 e. The Labute approximate surface area is 205 Å². The summed E-state index contributed by atoms with van der Waals surface area (Å²) in [5.74, 6) is -3.33. The second-order valence-corrected chi connectivity index (χ2v) is 10.2. The van der Waals surface area contributed by atoms with Gasteiger partial charge >= 0.3 is 6.18 Å². The van der Waals surface area contributed by atoms with Crippen molar-refractivity contribution in [3.05, 3.63) is 35.2 Å². The van der Waals surface area contributed by atoms with Gasteiger partial charge in [-0.05, 0) is 43.9 Å². The maximum atomic E-state index is 14.7. The summed E-state index contributed by atoms with van der Waals surface area (Å²) in [7, 11) is 0. The zero-order chi connectivity index (χ0) is 25.8. The van der Waals surface area contributed by atoms with Gasteiger partial charge in [0.25, 0.3) is 11.9 Å². The highest BCUT2D eigenvalue weighted by Gasteiger charge is 2.50. The fourth-order valence-electron chi connectivity index (χ4n) is 5.43. The van der Waals surface area contributed by atoms with Crippen LogP contribution in [0.1, 0.15) is 62.2 Å². The Morgan fingerprint density at radius 3 is 2.39 bits per heavy atom. The predicted molar refractivity (Wildman–Crippen MR) is 121 cm³/mol. The Morgan fingerprint density at radius 1 is 1.19 bits per heavy atom. The molecule has 3 atom stereocenters. The summed E-state index contributed by atoms with van der Waals surface area (Å²) in [6.45, 7) is 5.17. The van der Waals surface area contributed by atoms with Crippen molar-refractivity contribution in [3.8, 4) is 5.75 Å². The van der Waals surface area contributed by atoms with Crippen LogP contribution < -0.4 is 15.0 Å². The number of amides is 1. The second-order valence-electron chi connectivity index (χ2n) is 10.2. The number of nitrogens with zero attached hydrogens (tertiary/aromatic N) is 2. The summed E-state index contributed by atoms with van der Waals surface area (Å²) in [6, 6.07) is 1.69. The lowest BCUT2D eigenvalue weighted by molar-refractivity contribution is -0.130. The van der Waals surface area contributed by atoms with Gasteiger partial charge in [0.1, 0.15) is 18.3 Å². The van der Waals surface area contributed by atoms with Crippen molar-refractivity contribution in [2.45, 2.75) is 64.7 Å². The summed E-state index contributed by atoms with van der Waals surface area (Å²) in [6.07, 6.45) is -1.89. The minimum absolute atomic E-state index is 0.0267. The molecule has 1 saturated heterocycles. The first-order chi connectivity index (χ1) is 17.0. The van der Waals surface area contributed by atoms with Crippen LogP contribution in [-0.2, 0) is 6.42 Å². The molecule has 3 unspecified atom stereocenters. The third-order valence-electron chi connectivity index (χ3n) is 7.89. The fraction of sp³-hybridized carbons (Fsp3) is 0.600. The molecule has 0 spiro atoms. The lowest BCUT2D eigenvalue weighted by Gasteiger charge is -2.49. The normalized spacial score (nSPS) is 24.3. The van der Waals surface area contributed by atoms with E-state index in [2.05, 4.69) is 10.3 Å². The maximum Gasteiger partial charge on any atom is 0.396 e. The van der Waals surface area contributed by atoms with Gasteiger partial charge in [-0.1, -0.05) is 13.8 Å². The lowest BCUT2D eigenvalue weighted by atomic mass is 9.75.